The summed E-state index contributed by atoms with van der Waals surface area (Å²) in [5.74, 6) is 0.548. The summed E-state index contributed by atoms with van der Waals surface area (Å²) in [6.07, 6.45) is 0. The summed E-state index contributed by atoms with van der Waals surface area (Å²) in [6, 6.07) is 13.6. The highest BCUT2D eigenvalue weighted by Crippen LogP contribution is 2.29. The van der Waals surface area contributed by atoms with E-state index in [0.29, 0.717) is 5.82 Å². The highest BCUT2D eigenvalue weighted by Gasteiger charge is 2.09. The van der Waals surface area contributed by atoms with Crippen LogP contribution >= 0.6 is 11.6 Å². The predicted octanol–water partition coefficient (Wildman–Crippen LogP) is 3.57. The van der Waals surface area contributed by atoms with E-state index < -0.39 is 0 Å². The van der Waals surface area contributed by atoms with Crippen LogP contribution in [-0.4, -0.2) is 20.6 Å². The molecule has 0 saturated heterocycles. The number of aromatic amines is 1. The van der Waals surface area contributed by atoms with Gasteiger partial charge in [0.1, 0.15) is 0 Å². The highest BCUT2D eigenvalue weighted by atomic mass is 35.5. The van der Waals surface area contributed by atoms with Gasteiger partial charge in [-0.1, -0.05) is 29.8 Å². The van der Waals surface area contributed by atoms with Gasteiger partial charge in [-0.25, -0.2) is 0 Å². The Labute approximate surface area is 121 Å². The van der Waals surface area contributed by atoms with Gasteiger partial charge in [0.15, 0.2) is 0 Å². The zero-order valence-corrected chi connectivity index (χ0v) is 11.5. The topological polar surface area (TPSA) is 66.5 Å². The van der Waals surface area contributed by atoms with Gasteiger partial charge >= 0.3 is 0 Å². The number of rotatable bonds is 3. The van der Waals surface area contributed by atoms with Crippen LogP contribution in [0.5, 0.6) is 0 Å². The molecule has 20 heavy (non-hydrogen) atoms. The number of hydrogen-bond donors (Lipinski definition) is 2. The van der Waals surface area contributed by atoms with Crippen molar-refractivity contribution in [3.05, 3.63) is 53.1 Å². The molecular formula is C14H12ClN5. The van der Waals surface area contributed by atoms with E-state index in [1.54, 1.807) is 0 Å². The third-order valence-corrected chi connectivity index (χ3v) is 3.37. The molecule has 100 valence electrons. The number of aryl methyl sites for hydroxylation is 1. The fourth-order valence-corrected chi connectivity index (χ4v) is 2.07. The molecule has 3 aromatic rings. The zero-order valence-electron chi connectivity index (χ0n) is 10.8. The molecule has 2 N–H and O–H groups in total. The molecule has 0 atom stereocenters. The van der Waals surface area contributed by atoms with Crippen LogP contribution < -0.4 is 5.32 Å². The minimum absolute atomic E-state index is 0.548. The number of aromatic nitrogens is 4. The van der Waals surface area contributed by atoms with Gasteiger partial charge in [-0.3, -0.25) is 0 Å². The number of para-hydroxylation sites is 1. The third kappa shape index (κ3) is 2.48. The largest absolute Gasteiger partial charge is 0.355 e. The van der Waals surface area contributed by atoms with E-state index in [1.807, 2.05) is 49.4 Å². The molecule has 0 aliphatic carbocycles. The summed E-state index contributed by atoms with van der Waals surface area (Å²) < 4.78 is 0. The van der Waals surface area contributed by atoms with Crippen molar-refractivity contribution in [1.29, 1.82) is 0 Å². The first-order chi connectivity index (χ1) is 9.74. The average molecular weight is 286 g/mol. The molecule has 3 rings (SSSR count). The van der Waals surface area contributed by atoms with Crippen molar-refractivity contribution in [2.75, 3.05) is 5.32 Å². The second-order valence-electron chi connectivity index (χ2n) is 4.37. The number of nitrogens with one attached hydrogen (secondary N) is 2. The van der Waals surface area contributed by atoms with E-state index in [4.69, 9.17) is 11.6 Å². The van der Waals surface area contributed by atoms with Crippen LogP contribution in [-0.2, 0) is 0 Å². The maximum absolute atomic E-state index is 6.14. The Morgan fingerprint density at radius 2 is 2.00 bits per heavy atom. The van der Waals surface area contributed by atoms with Gasteiger partial charge in [-0.15, -0.1) is 10.2 Å². The Morgan fingerprint density at radius 3 is 2.75 bits per heavy atom. The minimum Gasteiger partial charge on any atom is -0.355 e. The lowest BCUT2D eigenvalue weighted by atomic mass is 10.1. The van der Waals surface area contributed by atoms with Crippen LogP contribution in [0.3, 0.4) is 0 Å². The Hall–Kier alpha value is -2.40. The van der Waals surface area contributed by atoms with Crippen molar-refractivity contribution in [3.8, 4) is 11.4 Å². The molecule has 2 aromatic carbocycles. The first kappa shape index (κ1) is 12.6. The molecule has 0 fully saturated rings. The van der Waals surface area contributed by atoms with Crippen LogP contribution in [0.1, 0.15) is 5.56 Å². The van der Waals surface area contributed by atoms with E-state index in [0.717, 1.165) is 27.5 Å². The molecule has 5 nitrogen and oxygen atoms in total. The summed E-state index contributed by atoms with van der Waals surface area (Å²) in [5, 5.41) is 18.1. The van der Waals surface area contributed by atoms with Crippen LogP contribution in [0.15, 0.2) is 42.5 Å². The summed E-state index contributed by atoms with van der Waals surface area (Å²) >= 11 is 6.14. The Bertz CT molecular complexity index is 724. The van der Waals surface area contributed by atoms with Crippen molar-refractivity contribution in [3.63, 3.8) is 0 Å². The minimum atomic E-state index is 0.548. The SMILES string of the molecule is Cc1ccc(Nc2ccccc2-c2nn[nH]n2)cc1Cl. The van der Waals surface area contributed by atoms with Gasteiger partial charge < -0.3 is 5.32 Å². The average Bonchev–Trinajstić information content (AvgIpc) is 2.97. The van der Waals surface area contributed by atoms with Crippen molar-refractivity contribution < 1.29 is 0 Å². The standard InChI is InChI=1S/C14H12ClN5/c1-9-6-7-10(8-12(9)15)16-13-5-3-2-4-11(13)14-17-19-20-18-14/h2-8,16H,1H3,(H,17,18,19,20). The highest BCUT2D eigenvalue weighted by molar-refractivity contribution is 6.31. The maximum Gasteiger partial charge on any atom is 0.206 e. The van der Waals surface area contributed by atoms with Gasteiger partial charge in [-0.2, -0.15) is 5.21 Å². The number of hydrogen-bond acceptors (Lipinski definition) is 4. The molecule has 0 aliphatic rings. The van der Waals surface area contributed by atoms with Gasteiger partial charge in [0.05, 0.1) is 0 Å². The zero-order chi connectivity index (χ0) is 13.9. The van der Waals surface area contributed by atoms with Crippen LogP contribution in [0, 0.1) is 6.92 Å². The number of tetrazole rings is 1. The molecule has 0 aliphatic heterocycles. The summed E-state index contributed by atoms with van der Waals surface area (Å²) in [4.78, 5) is 0. The molecule has 0 amide bonds. The number of H-pyrrole nitrogens is 1. The Balaban J connectivity index is 1.97. The molecule has 0 bridgehead atoms. The molecule has 0 radical (unpaired) electrons. The summed E-state index contributed by atoms with van der Waals surface area (Å²) in [7, 11) is 0. The number of benzene rings is 2. The molecule has 0 spiro atoms. The van der Waals surface area contributed by atoms with Gasteiger partial charge in [-0.05, 0) is 42.0 Å². The van der Waals surface area contributed by atoms with Crippen molar-refractivity contribution in [1.82, 2.24) is 20.6 Å². The smallest absolute Gasteiger partial charge is 0.206 e. The monoisotopic (exact) mass is 285 g/mol. The van der Waals surface area contributed by atoms with E-state index in [1.165, 1.54) is 0 Å². The molecule has 0 saturated carbocycles. The molecular weight excluding hydrogens is 274 g/mol. The summed E-state index contributed by atoms with van der Waals surface area (Å²) in [6.45, 7) is 1.97. The van der Waals surface area contributed by atoms with Gasteiger partial charge in [0, 0.05) is 22.0 Å². The fraction of sp³-hybridized carbons (Fsp3) is 0.0714. The van der Waals surface area contributed by atoms with Crippen LogP contribution in [0.4, 0.5) is 11.4 Å². The van der Waals surface area contributed by atoms with Crippen LogP contribution in [0.2, 0.25) is 5.02 Å². The number of nitrogens with zero attached hydrogens (tertiary/aromatic N) is 3. The lowest BCUT2D eigenvalue weighted by Gasteiger charge is -2.10. The van der Waals surface area contributed by atoms with Crippen molar-refractivity contribution in [2.45, 2.75) is 6.92 Å². The fourth-order valence-electron chi connectivity index (χ4n) is 1.89. The van der Waals surface area contributed by atoms with Crippen LogP contribution in [0.25, 0.3) is 11.4 Å². The lowest BCUT2D eigenvalue weighted by Crippen LogP contribution is -1.94. The van der Waals surface area contributed by atoms with Gasteiger partial charge in [0.25, 0.3) is 0 Å². The first-order valence-corrected chi connectivity index (χ1v) is 6.48. The van der Waals surface area contributed by atoms with E-state index in [9.17, 15) is 0 Å². The number of anilines is 2. The Morgan fingerprint density at radius 1 is 1.15 bits per heavy atom. The second kappa shape index (κ2) is 5.30. The normalized spacial score (nSPS) is 10.5. The quantitative estimate of drug-likeness (QED) is 0.772. The first-order valence-electron chi connectivity index (χ1n) is 6.10. The van der Waals surface area contributed by atoms with Crippen molar-refractivity contribution >= 4 is 23.0 Å². The Kier molecular flexibility index (Phi) is 3.35. The van der Waals surface area contributed by atoms with Crippen molar-refractivity contribution in [2.24, 2.45) is 0 Å². The second-order valence-corrected chi connectivity index (χ2v) is 4.78. The molecule has 1 aromatic heterocycles. The molecule has 6 heteroatoms. The van der Waals surface area contributed by atoms with E-state index in [2.05, 4.69) is 25.9 Å². The lowest BCUT2D eigenvalue weighted by molar-refractivity contribution is 0.881. The molecule has 1 heterocycles. The van der Waals surface area contributed by atoms with E-state index >= 15 is 0 Å². The number of halogens is 1. The third-order valence-electron chi connectivity index (χ3n) is 2.96. The summed E-state index contributed by atoms with van der Waals surface area (Å²) in [5.41, 5.74) is 3.73. The van der Waals surface area contributed by atoms with E-state index in [-0.39, 0.29) is 0 Å². The maximum atomic E-state index is 6.14. The van der Waals surface area contributed by atoms with Gasteiger partial charge in [0.2, 0.25) is 5.82 Å². The predicted molar refractivity (Wildman–Crippen MR) is 79.1 cm³/mol. The molecule has 0 unspecified atom stereocenters.